The number of hydrogen-bond acceptors (Lipinski definition) is 9. The first-order valence-corrected chi connectivity index (χ1v) is 15.3. The molecule has 0 aromatic heterocycles. The van der Waals surface area contributed by atoms with Crippen LogP contribution in [0.2, 0.25) is 0 Å². The second kappa shape index (κ2) is 39.1. The Morgan fingerprint density at radius 2 is 1.24 bits per heavy atom. The Balaban J connectivity index is -0.0000000324. The van der Waals surface area contributed by atoms with Crippen molar-refractivity contribution < 1.29 is 121 Å². The number of phosphoric acid groups is 1. The molecule has 0 aromatic rings. The van der Waals surface area contributed by atoms with Crippen LogP contribution in [0.5, 0.6) is 0 Å². The molecular weight excluding hydrogens is 631 g/mol. The first-order chi connectivity index (χ1) is 21.2. The molecule has 0 radical (unpaired) electrons. The third kappa shape index (κ3) is 46.3. The molecule has 0 rings (SSSR count). The molecule has 0 aromatic carbocycles. The summed E-state index contributed by atoms with van der Waals surface area (Å²) in [5.41, 5.74) is 0. The van der Waals surface area contributed by atoms with E-state index >= 15 is 0 Å². The summed E-state index contributed by atoms with van der Waals surface area (Å²) < 4.78 is 24.2. The molecule has 0 unspecified atom stereocenters. The number of esters is 1. The SMILES string of the molecule is CC#CC#CC#CC#CC#CC#CC#CNC(C)=O.CCCCCCCCCCCC(=O)O[C@@H](COCO)COP(=O)([O-])[O-].[HH].[HH].[HH].[HH].[HH].[HH].[HH].[HH].[HH].[HH].[HH].[HH].[HH].[Na+].[Na+]. The Kier molecular flexibility index (Phi) is 43.1. The van der Waals surface area contributed by atoms with E-state index in [0.717, 1.165) is 19.3 Å². The summed E-state index contributed by atoms with van der Waals surface area (Å²) in [7, 11) is -5.15. The number of nitrogens with one attached hydrogen (secondary N) is 1. The Labute approximate surface area is 338 Å². The van der Waals surface area contributed by atoms with E-state index in [-0.39, 0.29) is 96.6 Å². The molecule has 1 amide bonds. The Hall–Kier alpha value is -2.11. The van der Waals surface area contributed by atoms with Crippen LogP contribution in [0, 0.1) is 83.0 Å². The molecular formula is C33H64NNa2O9P. The molecule has 13 heteroatoms. The number of amides is 1. The van der Waals surface area contributed by atoms with Crippen molar-refractivity contribution in [2.75, 3.05) is 20.0 Å². The summed E-state index contributed by atoms with van der Waals surface area (Å²) in [6.07, 6.45) is 9.25. The number of phosphoric ester groups is 1. The topological polar surface area (TPSA) is 157 Å². The van der Waals surface area contributed by atoms with Crippen LogP contribution in [0.4, 0.5) is 0 Å². The maximum atomic E-state index is 11.7. The number of hydrogen-bond donors (Lipinski definition) is 2. The number of aliphatic hydroxyl groups is 1. The van der Waals surface area contributed by atoms with Gasteiger partial charge in [0.2, 0.25) is 5.91 Å². The molecule has 1 atom stereocenters. The number of unbranched alkanes of at least 4 members (excludes halogenated alkanes) is 8. The average Bonchev–Trinajstić information content (AvgIpc) is 2.97. The van der Waals surface area contributed by atoms with E-state index in [1.54, 1.807) is 6.92 Å². The van der Waals surface area contributed by atoms with Crippen molar-refractivity contribution in [1.29, 1.82) is 0 Å². The largest absolute Gasteiger partial charge is 1.00 e. The van der Waals surface area contributed by atoms with Crippen LogP contribution < -0.4 is 74.2 Å². The van der Waals surface area contributed by atoms with Gasteiger partial charge in [0, 0.05) is 73.5 Å². The van der Waals surface area contributed by atoms with Gasteiger partial charge in [-0.05, 0) is 48.9 Å². The van der Waals surface area contributed by atoms with Crippen molar-refractivity contribution in [3.63, 3.8) is 0 Å². The quantitative estimate of drug-likeness (QED) is 0.0369. The summed E-state index contributed by atoms with van der Waals surface area (Å²) in [5, 5.41) is 10.9. The molecule has 0 bridgehead atoms. The third-order valence-corrected chi connectivity index (χ3v) is 5.17. The molecule has 2 N–H and O–H groups in total. The minimum Gasteiger partial charge on any atom is -0.790 e. The summed E-state index contributed by atoms with van der Waals surface area (Å²) in [4.78, 5) is 43.1. The van der Waals surface area contributed by atoms with Gasteiger partial charge in [0.05, 0.1) is 21.0 Å². The molecule has 0 heterocycles. The third-order valence-electron chi connectivity index (χ3n) is 4.71. The van der Waals surface area contributed by atoms with Crippen molar-refractivity contribution in [3.8, 4) is 83.0 Å². The van der Waals surface area contributed by atoms with E-state index in [0.29, 0.717) is 6.42 Å². The van der Waals surface area contributed by atoms with Crippen molar-refractivity contribution >= 4 is 19.7 Å². The van der Waals surface area contributed by atoms with Crippen LogP contribution in [0.25, 0.3) is 0 Å². The second-order valence-corrected chi connectivity index (χ2v) is 9.64. The van der Waals surface area contributed by atoms with Crippen LogP contribution in [-0.4, -0.2) is 43.1 Å². The van der Waals surface area contributed by atoms with Gasteiger partial charge in [-0.2, -0.15) is 0 Å². The summed E-state index contributed by atoms with van der Waals surface area (Å²) in [6, 6.07) is 2.34. The van der Waals surface area contributed by atoms with Gasteiger partial charge >= 0.3 is 65.1 Å². The van der Waals surface area contributed by atoms with E-state index in [1.807, 2.05) is 0 Å². The molecule has 0 spiro atoms. The predicted molar refractivity (Wildman–Crippen MR) is 190 cm³/mol. The van der Waals surface area contributed by atoms with Crippen LogP contribution in [0.1, 0.15) is 104 Å². The molecule has 0 fully saturated rings. The summed E-state index contributed by atoms with van der Waals surface area (Å²) in [5.74, 6) is 31.6. The summed E-state index contributed by atoms with van der Waals surface area (Å²) >= 11 is 0. The Morgan fingerprint density at radius 1 is 0.783 bits per heavy atom. The van der Waals surface area contributed by atoms with E-state index in [9.17, 15) is 23.9 Å². The standard InChI is InChI=1S/C17H7NO.C16H33O8P.2Na.13H2/c1-3-4-5-6-7-8-9-10-11-12-13-14-15-16-18-17(2)19;1-2-3-4-5-6-7-8-9-10-11-16(18)24-15(12-22-14-17)13-23-25(19,20)21;;;;;;;;;;;;;;;/h1-2H3,(H,18,19);15,17H,2-14H2,1H3,(H2,19,20,21);;;13*1H/q;;2*+1;;;;;;;;;;;;;/p-2/t;15-;;;;;;;;;;;;;;;/m.0.............../s1. The minimum absolute atomic E-state index is 0. The van der Waals surface area contributed by atoms with Gasteiger partial charge in [-0.3, -0.25) is 14.9 Å². The van der Waals surface area contributed by atoms with E-state index < -0.39 is 33.3 Å². The molecule has 0 saturated carbocycles. The molecule has 10 nitrogen and oxygen atoms in total. The number of aliphatic hydroxyl groups excluding tert-OH is 1. The number of carbonyl (C=O) groups excluding carboxylic acids is 2. The maximum Gasteiger partial charge on any atom is 1.00 e. The van der Waals surface area contributed by atoms with Gasteiger partial charge in [0.25, 0.3) is 0 Å². The molecule has 0 aliphatic heterocycles. The Bertz CT molecular complexity index is 1390. The fourth-order valence-electron chi connectivity index (χ4n) is 2.83. The van der Waals surface area contributed by atoms with Crippen molar-refractivity contribution in [1.82, 2.24) is 5.32 Å². The molecule has 0 saturated heterocycles. The van der Waals surface area contributed by atoms with E-state index in [1.165, 1.54) is 39.0 Å². The fourth-order valence-corrected chi connectivity index (χ4v) is 3.17. The van der Waals surface area contributed by atoms with E-state index in [4.69, 9.17) is 9.84 Å². The van der Waals surface area contributed by atoms with Gasteiger partial charge in [-0.15, -0.1) is 0 Å². The molecule has 0 aliphatic carbocycles. The molecule has 0 aliphatic rings. The first kappa shape index (κ1) is 50.7. The van der Waals surface area contributed by atoms with Crippen LogP contribution in [0.15, 0.2) is 0 Å². The smallest absolute Gasteiger partial charge is 0.790 e. The zero-order valence-corrected chi connectivity index (χ0v) is 32.3. The van der Waals surface area contributed by atoms with Crippen LogP contribution in [-0.2, 0) is 28.2 Å². The van der Waals surface area contributed by atoms with E-state index in [2.05, 4.69) is 105 Å². The zero-order valence-electron chi connectivity index (χ0n) is 27.4. The van der Waals surface area contributed by atoms with Crippen molar-refractivity contribution in [3.05, 3.63) is 0 Å². The van der Waals surface area contributed by atoms with Crippen molar-refractivity contribution in [2.24, 2.45) is 0 Å². The van der Waals surface area contributed by atoms with Crippen molar-refractivity contribution in [2.45, 2.75) is 91.1 Å². The maximum absolute atomic E-state index is 11.7. The number of ether oxygens (including phenoxy) is 2. The van der Waals surface area contributed by atoms with Crippen LogP contribution >= 0.6 is 7.82 Å². The molecule has 262 valence electrons. The van der Waals surface area contributed by atoms with Crippen LogP contribution in [0.3, 0.4) is 0 Å². The average molecular weight is 696 g/mol. The van der Waals surface area contributed by atoms with Gasteiger partial charge in [0.1, 0.15) is 12.9 Å². The Morgan fingerprint density at radius 3 is 1.67 bits per heavy atom. The fraction of sp³-hybridized carbons (Fsp3) is 0.515. The predicted octanol–water partition coefficient (Wildman–Crippen LogP) is -1.04. The monoisotopic (exact) mass is 695 g/mol. The van der Waals surface area contributed by atoms with Gasteiger partial charge in [0.15, 0.2) is 0 Å². The minimum atomic E-state index is -5.15. The number of rotatable bonds is 17. The second-order valence-electron chi connectivity index (χ2n) is 8.49. The summed E-state index contributed by atoms with van der Waals surface area (Å²) in [6.45, 7) is 3.76. The normalized spacial score (nSPS) is 9.00. The van der Waals surface area contributed by atoms with Gasteiger partial charge < -0.3 is 33.5 Å². The van der Waals surface area contributed by atoms with Gasteiger partial charge in [-0.1, -0.05) is 64.2 Å². The zero-order chi connectivity index (χ0) is 33.2. The molecule has 46 heavy (non-hydrogen) atoms. The number of carbonyl (C=O) groups is 2. The first-order valence-electron chi connectivity index (χ1n) is 13.9. The van der Waals surface area contributed by atoms with Gasteiger partial charge in [-0.25, -0.2) is 0 Å².